The van der Waals surface area contributed by atoms with Crippen LogP contribution in [0.15, 0.2) is 17.9 Å². The Morgan fingerprint density at radius 3 is 2.27 bits per heavy atom. The summed E-state index contributed by atoms with van der Waals surface area (Å²) in [5.41, 5.74) is 4.95. The van der Waals surface area contributed by atoms with Crippen molar-refractivity contribution in [2.24, 2.45) is 5.92 Å². The van der Waals surface area contributed by atoms with E-state index in [9.17, 15) is 14.7 Å². The summed E-state index contributed by atoms with van der Waals surface area (Å²) in [5.74, 6) is 0.205. The minimum absolute atomic E-state index is 0.0156. The normalized spacial score (nSPS) is 17.6. The SMILES string of the molecule is CCC(=O)OC1=C(c2c(CC)cc(C)cc2CC)C(=O)CC(CCO)C1. The van der Waals surface area contributed by atoms with E-state index in [1.165, 1.54) is 5.56 Å². The van der Waals surface area contributed by atoms with E-state index >= 15 is 0 Å². The monoisotopic (exact) mass is 358 g/mol. The minimum atomic E-state index is -0.321. The third kappa shape index (κ3) is 4.42. The second kappa shape index (κ2) is 9.13. The van der Waals surface area contributed by atoms with Gasteiger partial charge in [-0.15, -0.1) is 0 Å². The fourth-order valence-electron chi connectivity index (χ4n) is 3.74. The van der Waals surface area contributed by atoms with E-state index in [4.69, 9.17) is 4.74 Å². The van der Waals surface area contributed by atoms with Gasteiger partial charge in [0, 0.05) is 25.9 Å². The van der Waals surface area contributed by atoms with E-state index in [0.29, 0.717) is 30.6 Å². The smallest absolute Gasteiger partial charge is 0.310 e. The Bertz CT molecular complexity index is 690. The van der Waals surface area contributed by atoms with Crippen LogP contribution in [0.1, 0.15) is 68.7 Å². The molecule has 0 spiro atoms. The molecule has 4 nitrogen and oxygen atoms in total. The van der Waals surface area contributed by atoms with Crippen molar-refractivity contribution in [2.45, 2.75) is 66.2 Å². The highest BCUT2D eigenvalue weighted by Crippen LogP contribution is 2.38. The maximum Gasteiger partial charge on any atom is 0.310 e. The zero-order chi connectivity index (χ0) is 19.3. The number of aliphatic hydroxyl groups excluding tert-OH is 1. The lowest BCUT2D eigenvalue weighted by Gasteiger charge is -2.27. The Hall–Kier alpha value is -1.94. The van der Waals surface area contributed by atoms with Gasteiger partial charge in [0.05, 0.1) is 5.57 Å². The lowest BCUT2D eigenvalue weighted by molar-refractivity contribution is -0.139. The fraction of sp³-hybridized carbons (Fsp3) is 0.545. The maximum absolute atomic E-state index is 13.1. The van der Waals surface area contributed by atoms with E-state index < -0.39 is 0 Å². The number of aryl methyl sites for hydroxylation is 3. The molecule has 1 N–H and O–H groups in total. The number of Topliss-reactive ketones (excluding diaryl/α,β-unsaturated/α-hetero) is 1. The summed E-state index contributed by atoms with van der Waals surface area (Å²) >= 11 is 0. The van der Waals surface area contributed by atoms with Crippen molar-refractivity contribution in [1.29, 1.82) is 0 Å². The molecule has 0 fully saturated rings. The molecule has 2 rings (SSSR count). The average molecular weight is 358 g/mol. The maximum atomic E-state index is 13.1. The topological polar surface area (TPSA) is 63.6 Å². The largest absolute Gasteiger partial charge is 0.430 e. The molecule has 0 heterocycles. The molecule has 0 amide bonds. The van der Waals surface area contributed by atoms with Crippen molar-refractivity contribution >= 4 is 17.3 Å². The molecule has 1 atom stereocenters. The van der Waals surface area contributed by atoms with Gasteiger partial charge in [0.2, 0.25) is 0 Å². The van der Waals surface area contributed by atoms with Crippen molar-refractivity contribution in [2.75, 3.05) is 6.61 Å². The van der Waals surface area contributed by atoms with Gasteiger partial charge in [-0.05, 0) is 48.8 Å². The van der Waals surface area contributed by atoms with Crippen LogP contribution in [0.4, 0.5) is 0 Å². The molecule has 4 heteroatoms. The van der Waals surface area contributed by atoms with Crippen LogP contribution in [-0.4, -0.2) is 23.5 Å². The molecule has 1 aromatic carbocycles. The fourth-order valence-corrected chi connectivity index (χ4v) is 3.74. The van der Waals surface area contributed by atoms with Crippen molar-refractivity contribution < 1.29 is 19.4 Å². The van der Waals surface area contributed by atoms with Gasteiger partial charge in [-0.1, -0.05) is 38.5 Å². The lowest BCUT2D eigenvalue weighted by Crippen LogP contribution is -2.23. The minimum Gasteiger partial charge on any atom is -0.430 e. The van der Waals surface area contributed by atoms with Crippen LogP contribution in [0.25, 0.3) is 5.57 Å². The molecule has 1 aromatic rings. The van der Waals surface area contributed by atoms with Crippen LogP contribution < -0.4 is 0 Å². The van der Waals surface area contributed by atoms with Crippen molar-refractivity contribution in [1.82, 2.24) is 0 Å². The number of carbonyl (C=O) groups excluding carboxylic acids is 2. The van der Waals surface area contributed by atoms with E-state index in [2.05, 4.69) is 32.9 Å². The third-order valence-electron chi connectivity index (χ3n) is 5.03. The highest BCUT2D eigenvalue weighted by molar-refractivity contribution is 6.23. The number of benzene rings is 1. The van der Waals surface area contributed by atoms with Crippen LogP contribution in [-0.2, 0) is 27.2 Å². The van der Waals surface area contributed by atoms with Crippen LogP contribution in [0.2, 0.25) is 0 Å². The number of carbonyl (C=O) groups is 2. The second-order valence-electron chi connectivity index (χ2n) is 7.00. The Kier molecular flexibility index (Phi) is 7.15. The van der Waals surface area contributed by atoms with E-state index in [1.54, 1.807) is 6.92 Å². The number of allylic oxidation sites excluding steroid dienone is 2. The number of hydrogen-bond acceptors (Lipinski definition) is 4. The first-order valence-electron chi connectivity index (χ1n) is 9.65. The van der Waals surface area contributed by atoms with Gasteiger partial charge in [-0.2, -0.15) is 0 Å². The molecule has 26 heavy (non-hydrogen) atoms. The summed E-state index contributed by atoms with van der Waals surface area (Å²) < 4.78 is 5.62. The molecule has 1 unspecified atom stereocenters. The summed E-state index contributed by atoms with van der Waals surface area (Å²) in [6.07, 6.45) is 3.36. The number of ketones is 1. The summed E-state index contributed by atoms with van der Waals surface area (Å²) in [6.45, 7) is 8.01. The van der Waals surface area contributed by atoms with Crippen LogP contribution in [0, 0.1) is 12.8 Å². The number of aliphatic hydroxyl groups is 1. The van der Waals surface area contributed by atoms with E-state index in [0.717, 1.165) is 29.5 Å². The molecule has 0 aromatic heterocycles. The lowest BCUT2D eigenvalue weighted by atomic mass is 9.79. The highest BCUT2D eigenvalue weighted by Gasteiger charge is 2.32. The first-order chi connectivity index (χ1) is 12.4. The number of ether oxygens (including phenoxy) is 1. The quantitative estimate of drug-likeness (QED) is 0.744. The average Bonchev–Trinajstić information content (AvgIpc) is 2.61. The molecule has 0 saturated carbocycles. The number of esters is 1. The summed E-state index contributed by atoms with van der Waals surface area (Å²) in [5, 5.41) is 9.26. The molecule has 142 valence electrons. The van der Waals surface area contributed by atoms with Gasteiger partial charge in [0.15, 0.2) is 5.78 Å². The number of hydrogen-bond donors (Lipinski definition) is 1. The van der Waals surface area contributed by atoms with Crippen molar-refractivity contribution in [3.63, 3.8) is 0 Å². The molecule has 0 radical (unpaired) electrons. The predicted octanol–water partition coefficient (Wildman–Crippen LogP) is 4.15. The number of rotatable bonds is 7. The summed E-state index contributed by atoms with van der Waals surface area (Å²) in [7, 11) is 0. The van der Waals surface area contributed by atoms with Gasteiger partial charge in [0.25, 0.3) is 0 Å². The van der Waals surface area contributed by atoms with E-state index in [1.807, 2.05) is 0 Å². The molecule has 1 aliphatic carbocycles. The third-order valence-corrected chi connectivity index (χ3v) is 5.03. The molecular weight excluding hydrogens is 328 g/mol. The molecule has 0 aliphatic heterocycles. The zero-order valence-corrected chi connectivity index (χ0v) is 16.4. The first-order valence-corrected chi connectivity index (χ1v) is 9.65. The molecule has 1 aliphatic rings. The van der Waals surface area contributed by atoms with Crippen molar-refractivity contribution in [3.05, 3.63) is 40.1 Å². The Balaban J connectivity index is 2.66. The highest BCUT2D eigenvalue weighted by atomic mass is 16.5. The van der Waals surface area contributed by atoms with Gasteiger partial charge in [-0.3, -0.25) is 9.59 Å². The summed E-state index contributed by atoms with van der Waals surface area (Å²) in [6, 6.07) is 4.24. The van der Waals surface area contributed by atoms with Crippen LogP contribution >= 0.6 is 0 Å². The van der Waals surface area contributed by atoms with Crippen LogP contribution in [0.5, 0.6) is 0 Å². The van der Waals surface area contributed by atoms with Gasteiger partial charge >= 0.3 is 5.97 Å². The second-order valence-corrected chi connectivity index (χ2v) is 7.00. The molecular formula is C22H30O4. The Morgan fingerprint density at radius 1 is 1.15 bits per heavy atom. The zero-order valence-electron chi connectivity index (χ0n) is 16.4. The van der Waals surface area contributed by atoms with Gasteiger partial charge in [-0.25, -0.2) is 0 Å². The van der Waals surface area contributed by atoms with Crippen molar-refractivity contribution in [3.8, 4) is 0 Å². The van der Waals surface area contributed by atoms with Crippen LogP contribution in [0.3, 0.4) is 0 Å². The Morgan fingerprint density at radius 2 is 1.77 bits per heavy atom. The van der Waals surface area contributed by atoms with E-state index in [-0.39, 0.29) is 30.7 Å². The van der Waals surface area contributed by atoms with Gasteiger partial charge in [0.1, 0.15) is 5.76 Å². The molecule has 0 bridgehead atoms. The standard InChI is InChI=1S/C22H30O4/c1-5-16-10-14(4)11-17(6-2)21(16)22-18(24)12-15(8-9-23)13-19(22)26-20(25)7-3/h10-11,15,23H,5-9,12-13H2,1-4H3. The first kappa shape index (κ1) is 20.4. The molecule has 0 saturated heterocycles. The Labute approximate surface area is 156 Å². The summed E-state index contributed by atoms with van der Waals surface area (Å²) in [4.78, 5) is 25.0. The van der Waals surface area contributed by atoms with Gasteiger partial charge < -0.3 is 9.84 Å². The predicted molar refractivity (Wildman–Crippen MR) is 103 cm³/mol.